The molecule has 90 valence electrons. The first-order valence-electron chi connectivity index (χ1n) is 5.09. The lowest BCUT2D eigenvalue weighted by atomic mass is 10.1. The molecule has 0 aromatic carbocycles. The third-order valence-electron chi connectivity index (χ3n) is 2.47. The third kappa shape index (κ3) is 2.68. The van der Waals surface area contributed by atoms with E-state index in [1.54, 1.807) is 0 Å². The van der Waals surface area contributed by atoms with E-state index in [2.05, 4.69) is 10.2 Å². The quantitative estimate of drug-likeness (QED) is 0.897. The van der Waals surface area contributed by atoms with Crippen molar-refractivity contribution < 1.29 is 9.90 Å². The van der Waals surface area contributed by atoms with Crippen molar-refractivity contribution in [3.05, 3.63) is 27.7 Å². The Morgan fingerprint density at radius 2 is 2.35 bits per heavy atom. The normalized spacial score (nSPS) is 10.7. The van der Waals surface area contributed by atoms with Gasteiger partial charge in [0.1, 0.15) is 5.69 Å². The van der Waals surface area contributed by atoms with Gasteiger partial charge in [-0.15, -0.1) is 11.3 Å². The largest absolute Gasteiger partial charge is 0.481 e. The van der Waals surface area contributed by atoms with Crippen molar-refractivity contribution in [2.24, 2.45) is 0 Å². The van der Waals surface area contributed by atoms with E-state index >= 15 is 0 Å². The van der Waals surface area contributed by atoms with E-state index in [0.29, 0.717) is 10.8 Å². The van der Waals surface area contributed by atoms with Crippen LogP contribution in [0.25, 0.3) is 10.6 Å². The fourth-order valence-corrected chi connectivity index (χ4v) is 2.70. The molecule has 2 heterocycles. The number of aryl methyl sites for hydroxylation is 1. The smallest absolute Gasteiger partial charge is 0.303 e. The molecule has 0 aliphatic heterocycles. The summed E-state index contributed by atoms with van der Waals surface area (Å²) in [6.45, 7) is 1.89. The molecule has 0 unspecified atom stereocenters. The maximum atomic E-state index is 10.6. The summed E-state index contributed by atoms with van der Waals surface area (Å²) in [4.78, 5) is 11.6. The van der Waals surface area contributed by atoms with Gasteiger partial charge in [-0.3, -0.25) is 9.89 Å². The Kier molecular flexibility index (Phi) is 3.49. The summed E-state index contributed by atoms with van der Waals surface area (Å²) in [5.41, 5.74) is 2.66. The van der Waals surface area contributed by atoms with Crippen LogP contribution in [-0.2, 0) is 11.2 Å². The van der Waals surface area contributed by atoms with Crippen LogP contribution in [0, 0.1) is 6.92 Å². The number of carboxylic acid groups (broad SMARTS) is 1. The lowest BCUT2D eigenvalue weighted by Crippen LogP contribution is -1.98. The number of aliphatic carboxylic acids is 1. The van der Waals surface area contributed by atoms with E-state index in [-0.39, 0.29) is 6.42 Å². The fourth-order valence-electron chi connectivity index (χ4n) is 1.64. The highest BCUT2D eigenvalue weighted by atomic mass is 35.5. The van der Waals surface area contributed by atoms with Gasteiger partial charge in [0.25, 0.3) is 0 Å². The number of carbonyl (C=O) groups is 1. The van der Waals surface area contributed by atoms with Gasteiger partial charge < -0.3 is 5.11 Å². The fraction of sp³-hybridized carbons (Fsp3) is 0.273. The third-order valence-corrected chi connectivity index (χ3v) is 3.71. The number of hydrogen-bond acceptors (Lipinski definition) is 3. The molecule has 0 aliphatic rings. The highest BCUT2D eigenvalue weighted by molar-refractivity contribution is 7.19. The number of nitrogens with zero attached hydrogens (tertiary/aromatic N) is 1. The molecule has 17 heavy (non-hydrogen) atoms. The maximum Gasteiger partial charge on any atom is 0.303 e. The summed E-state index contributed by atoms with van der Waals surface area (Å²) in [5, 5.41) is 15.8. The first-order valence-corrected chi connectivity index (χ1v) is 6.28. The van der Waals surface area contributed by atoms with Gasteiger partial charge in [-0.2, -0.15) is 5.10 Å². The van der Waals surface area contributed by atoms with E-state index in [9.17, 15) is 4.79 Å². The molecule has 6 heteroatoms. The summed E-state index contributed by atoms with van der Waals surface area (Å²) in [6.07, 6.45) is 0.578. The molecule has 0 bridgehead atoms. The second-order valence-corrected chi connectivity index (χ2v) is 5.39. The Bertz CT molecular complexity index is 547. The molecule has 2 aromatic heterocycles. The number of aromatic nitrogens is 2. The van der Waals surface area contributed by atoms with Crippen molar-refractivity contribution in [1.29, 1.82) is 0 Å². The summed E-state index contributed by atoms with van der Waals surface area (Å²) < 4.78 is 0.699. The van der Waals surface area contributed by atoms with Crippen LogP contribution >= 0.6 is 22.9 Å². The molecule has 0 spiro atoms. The summed E-state index contributed by atoms with van der Waals surface area (Å²) in [7, 11) is 0. The number of thiophene rings is 1. The number of H-pyrrole nitrogens is 1. The average molecular weight is 271 g/mol. The first-order chi connectivity index (χ1) is 8.08. The van der Waals surface area contributed by atoms with Gasteiger partial charge in [-0.25, -0.2) is 0 Å². The molecular formula is C11H11ClN2O2S. The predicted octanol–water partition coefficient (Wildman–Crippen LogP) is 3.12. The van der Waals surface area contributed by atoms with Crippen LogP contribution in [0.2, 0.25) is 4.34 Å². The van der Waals surface area contributed by atoms with E-state index in [1.807, 2.05) is 19.1 Å². The van der Waals surface area contributed by atoms with Gasteiger partial charge in [-0.05, 0) is 25.5 Å². The van der Waals surface area contributed by atoms with E-state index in [1.165, 1.54) is 11.3 Å². The van der Waals surface area contributed by atoms with Crippen LogP contribution < -0.4 is 0 Å². The monoisotopic (exact) mass is 270 g/mol. The number of rotatable bonds is 4. The molecule has 0 amide bonds. The molecule has 2 aromatic rings. The van der Waals surface area contributed by atoms with Crippen molar-refractivity contribution in [3.8, 4) is 10.6 Å². The number of hydrogen-bond donors (Lipinski definition) is 2. The zero-order chi connectivity index (χ0) is 12.4. The van der Waals surface area contributed by atoms with Gasteiger partial charge in [0.15, 0.2) is 0 Å². The Balaban J connectivity index is 2.31. The topological polar surface area (TPSA) is 66.0 Å². The zero-order valence-corrected chi connectivity index (χ0v) is 10.7. The number of halogens is 1. The van der Waals surface area contributed by atoms with Crippen molar-refractivity contribution in [1.82, 2.24) is 10.2 Å². The Morgan fingerprint density at radius 3 is 2.94 bits per heavy atom. The second-order valence-electron chi connectivity index (χ2n) is 3.67. The molecule has 0 radical (unpaired) electrons. The second kappa shape index (κ2) is 4.89. The van der Waals surface area contributed by atoms with E-state index < -0.39 is 5.97 Å². The molecule has 2 N–H and O–H groups in total. The molecule has 0 atom stereocenters. The Hall–Kier alpha value is -1.33. The average Bonchev–Trinajstić information content (AvgIpc) is 2.82. The summed E-state index contributed by atoms with van der Waals surface area (Å²) in [5.74, 6) is -0.805. The van der Waals surface area contributed by atoms with Gasteiger partial charge >= 0.3 is 5.97 Å². The van der Waals surface area contributed by atoms with Gasteiger partial charge in [0, 0.05) is 17.7 Å². The lowest BCUT2D eigenvalue weighted by molar-refractivity contribution is -0.136. The number of aromatic amines is 1. The van der Waals surface area contributed by atoms with Crippen molar-refractivity contribution >= 4 is 28.9 Å². The van der Waals surface area contributed by atoms with Crippen molar-refractivity contribution in [2.75, 3.05) is 0 Å². The SMILES string of the molecule is Cc1[nH]nc(-c2ccc(Cl)s2)c1CCC(=O)O. The minimum absolute atomic E-state index is 0.104. The molecule has 2 rings (SSSR count). The van der Waals surface area contributed by atoms with Crippen LogP contribution in [0.15, 0.2) is 12.1 Å². The maximum absolute atomic E-state index is 10.6. The number of carboxylic acids is 1. The highest BCUT2D eigenvalue weighted by Crippen LogP contribution is 2.33. The Labute approximate surface area is 107 Å². The molecule has 0 saturated carbocycles. The zero-order valence-electron chi connectivity index (χ0n) is 9.16. The van der Waals surface area contributed by atoms with Gasteiger partial charge in [0.05, 0.1) is 9.21 Å². The Morgan fingerprint density at radius 1 is 1.59 bits per heavy atom. The summed E-state index contributed by atoms with van der Waals surface area (Å²) in [6, 6.07) is 3.71. The highest BCUT2D eigenvalue weighted by Gasteiger charge is 2.14. The van der Waals surface area contributed by atoms with Crippen LogP contribution in [0.1, 0.15) is 17.7 Å². The molecular weight excluding hydrogens is 260 g/mol. The number of nitrogens with one attached hydrogen (secondary N) is 1. The predicted molar refractivity (Wildman–Crippen MR) is 67.6 cm³/mol. The standard InChI is InChI=1S/C11H11ClN2O2S/c1-6-7(2-5-10(15)16)11(14-13-6)8-3-4-9(12)17-8/h3-4H,2,5H2,1H3,(H,13,14)(H,15,16). The minimum atomic E-state index is -0.805. The first kappa shape index (κ1) is 12.1. The lowest BCUT2D eigenvalue weighted by Gasteiger charge is -1.99. The van der Waals surface area contributed by atoms with E-state index in [4.69, 9.17) is 16.7 Å². The van der Waals surface area contributed by atoms with E-state index in [0.717, 1.165) is 21.8 Å². The minimum Gasteiger partial charge on any atom is -0.481 e. The van der Waals surface area contributed by atoms with Crippen LogP contribution in [0.5, 0.6) is 0 Å². The van der Waals surface area contributed by atoms with Crippen molar-refractivity contribution in [2.45, 2.75) is 19.8 Å². The van der Waals surface area contributed by atoms with Crippen LogP contribution in [0.3, 0.4) is 0 Å². The van der Waals surface area contributed by atoms with Crippen LogP contribution in [0.4, 0.5) is 0 Å². The van der Waals surface area contributed by atoms with Crippen LogP contribution in [-0.4, -0.2) is 21.3 Å². The molecule has 0 saturated heterocycles. The molecule has 0 fully saturated rings. The molecule has 4 nitrogen and oxygen atoms in total. The van der Waals surface area contributed by atoms with Gasteiger partial charge in [0.2, 0.25) is 0 Å². The molecule has 0 aliphatic carbocycles. The van der Waals surface area contributed by atoms with Crippen molar-refractivity contribution in [3.63, 3.8) is 0 Å². The summed E-state index contributed by atoms with van der Waals surface area (Å²) >= 11 is 7.32. The van der Waals surface area contributed by atoms with Gasteiger partial charge in [-0.1, -0.05) is 11.6 Å².